The Morgan fingerprint density at radius 3 is 2.64 bits per heavy atom. The van der Waals surface area contributed by atoms with Crippen molar-refractivity contribution < 1.29 is 22.7 Å². The highest BCUT2D eigenvalue weighted by Gasteiger charge is 2.33. The zero-order chi connectivity index (χ0) is 23.6. The summed E-state index contributed by atoms with van der Waals surface area (Å²) in [6, 6.07) is 13.3. The van der Waals surface area contributed by atoms with E-state index in [1.54, 1.807) is 35.7 Å². The van der Waals surface area contributed by atoms with Gasteiger partial charge in [0, 0.05) is 0 Å². The number of ether oxygens (including phenoxy) is 1. The highest BCUT2D eigenvalue weighted by molar-refractivity contribution is 7.99. The fourth-order valence-electron chi connectivity index (χ4n) is 3.17. The van der Waals surface area contributed by atoms with Crippen LogP contribution in [0.4, 0.5) is 18.9 Å². The minimum atomic E-state index is -4.60. The van der Waals surface area contributed by atoms with Gasteiger partial charge in [-0.25, -0.2) is 4.98 Å². The minimum absolute atomic E-state index is 0.217. The van der Waals surface area contributed by atoms with E-state index in [2.05, 4.69) is 10.3 Å². The normalized spacial score (nSPS) is 11.5. The number of thiophene rings is 1. The van der Waals surface area contributed by atoms with Crippen LogP contribution in [-0.2, 0) is 11.0 Å². The second-order valence-electron chi connectivity index (χ2n) is 6.72. The number of halogens is 3. The molecule has 0 unspecified atom stereocenters. The fourth-order valence-corrected chi connectivity index (χ4v) is 4.74. The monoisotopic (exact) mass is 491 g/mol. The van der Waals surface area contributed by atoms with E-state index in [1.807, 2.05) is 0 Å². The van der Waals surface area contributed by atoms with Crippen LogP contribution in [-0.4, -0.2) is 28.3 Å². The van der Waals surface area contributed by atoms with E-state index >= 15 is 0 Å². The molecule has 0 bridgehead atoms. The van der Waals surface area contributed by atoms with Crippen molar-refractivity contribution in [3.63, 3.8) is 0 Å². The van der Waals surface area contributed by atoms with E-state index in [1.165, 1.54) is 41.2 Å². The van der Waals surface area contributed by atoms with Gasteiger partial charge in [-0.3, -0.25) is 14.2 Å². The molecule has 2 aromatic heterocycles. The first-order valence-corrected chi connectivity index (χ1v) is 11.4. The Labute approximate surface area is 194 Å². The highest BCUT2D eigenvalue weighted by Crippen LogP contribution is 2.35. The lowest BCUT2D eigenvalue weighted by atomic mass is 10.1. The first-order chi connectivity index (χ1) is 15.8. The number of carbonyl (C=O) groups excluding carboxylic acids is 1. The van der Waals surface area contributed by atoms with Crippen molar-refractivity contribution in [2.45, 2.75) is 11.3 Å². The van der Waals surface area contributed by atoms with Crippen molar-refractivity contribution in [1.82, 2.24) is 9.55 Å². The number of hydrogen-bond acceptors (Lipinski definition) is 6. The number of carbonyl (C=O) groups is 1. The van der Waals surface area contributed by atoms with Gasteiger partial charge in [-0.1, -0.05) is 36.0 Å². The number of amides is 1. The SMILES string of the molecule is COc1ccccc1-n1c(SCC(=O)Nc2ccccc2C(F)(F)F)nc2ccsc2c1=O. The fraction of sp³-hybridized carbons (Fsp3) is 0.136. The van der Waals surface area contributed by atoms with Crippen LogP contribution in [0.2, 0.25) is 0 Å². The summed E-state index contributed by atoms with van der Waals surface area (Å²) in [5.74, 6) is -0.491. The first kappa shape index (κ1) is 22.9. The number of nitrogens with zero attached hydrogens (tertiary/aromatic N) is 2. The molecular formula is C22H16F3N3O3S2. The lowest BCUT2D eigenvalue weighted by Gasteiger charge is -2.15. The Bertz CT molecular complexity index is 1380. The summed E-state index contributed by atoms with van der Waals surface area (Å²) in [6.07, 6.45) is -4.60. The van der Waals surface area contributed by atoms with Gasteiger partial charge < -0.3 is 10.1 Å². The number of rotatable bonds is 6. The van der Waals surface area contributed by atoms with Crippen LogP contribution >= 0.6 is 23.1 Å². The maximum absolute atomic E-state index is 13.2. The van der Waals surface area contributed by atoms with Crippen LogP contribution in [0.3, 0.4) is 0 Å². The Balaban J connectivity index is 1.66. The van der Waals surface area contributed by atoms with Crippen LogP contribution in [0.1, 0.15) is 5.56 Å². The number of methoxy groups -OCH3 is 1. The van der Waals surface area contributed by atoms with Gasteiger partial charge in [0.2, 0.25) is 5.91 Å². The van der Waals surface area contributed by atoms with Crippen molar-refractivity contribution >= 4 is 44.9 Å². The Kier molecular flexibility index (Phi) is 6.43. The van der Waals surface area contributed by atoms with Crippen LogP contribution in [0.25, 0.3) is 15.9 Å². The Hall–Kier alpha value is -3.31. The van der Waals surface area contributed by atoms with Crippen LogP contribution in [0, 0.1) is 0 Å². The quantitative estimate of drug-likeness (QED) is 0.296. The summed E-state index contributed by atoms with van der Waals surface area (Å²) in [5, 5.41) is 4.25. The molecule has 1 amide bonds. The molecule has 170 valence electrons. The molecule has 6 nitrogen and oxygen atoms in total. The van der Waals surface area contributed by atoms with Gasteiger partial charge in [-0.2, -0.15) is 13.2 Å². The van der Waals surface area contributed by atoms with Crippen LogP contribution in [0.5, 0.6) is 5.75 Å². The second-order valence-corrected chi connectivity index (χ2v) is 8.58. The molecule has 4 rings (SSSR count). The number of benzene rings is 2. The van der Waals surface area contributed by atoms with Crippen molar-refractivity contribution in [3.05, 3.63) is 75.9 Å². The molecule has 33 heavy (non-hydrogen) atoms. The van der Waals surface area contributed by atoms with Gasteiger partial charge >= 0.3 is 6.18 Å². The molecule has 1 N–H and O–H groups in total. The number of aromatic nitrogens is 2. The summed E-state index contributed by atoms with van der Waals surface area (Å²) in [6.45, 7) is 0. The lowest BCUT2D eigenvalue weighted by Crippen LogP contribution is -2.23. The summed E-state index contributed by atoms with van der Waals surface area (Å²) in [5.41, 5.74) is -0.685. The predicted octanol–water partition coefficient (Wildman–Crippen LogP) is 5.21. The maximum atomic E-state index is 13.2. The van der Waals surface area contributed by atoms with Gasteiger partial charge in [-0.05, 0) is 35.7 Å². The minimum Gasteiger partial charge on any atom is -0.495 e. The average Bonchev–Trinajstić information content (AvgIpc) is 3.26. The Morgan fingerprint density at radius 1 is 1.15 bits per heavy atom. The average molecular weight is 492 g/mol. The zero-order valence-corrected chi connectivity index (χ0v) is 18.7. The maximum Gasteiger partial charge on any atom is 0.418 e. The number of nitrogens with one attached hydrogen (secondary N) is 1. The molecule has 0 saturated carbocycles. The number of hydrogen-bond donors (Lipinski definition) is 1. The first-order valence-electron chi connectivity index (χ1n) is 9.52. The molecule has 0 saturated heterocycles. The number of anilines is 1. The lowest BCUT2D eigenvalue weighted by molar-refractivity contribution is -0.137. The number of para-hydroxylation sites is 3. The molecule has 0 aliphatic rings. The number of alkyl halides is 3. The smallest absolute Gasteiger partial charge is 0.418 e. The van der Waals surface area contributed by atoms with Gasteiger partial charge in [0.15, 0.2) is 5.16 Å². The molecule has 0 radical (unpaired) electrons. The second kappa shape index (κ2) is 9.28. The van der Waals surface area contributed by atoms with Crippen molar-refractivity contribution in [2.24, 2.45) is 0 Å². The van der Waals surface area contributed by atoms with E-state index in [9.17, 15) is 22.8 Å². The van der Waals surface area contributed by atoms with Crippen LogP contribution in [0.15, 0.2) is 69.9 Å². The molecule has 0 spiro atoms. The van der Waals surface area contributed by atoms with Gasteiger partial charge in [0.1, 0.15) is 10.4 Å². The predicted molar refractivity (Wildman–Crippen MR) is 123 cm³/mol. The van der Waals surface area contributed by atoms with Crippen molar-refractivity contribution in [2.75, 3.05) is 18.2 Å². The summed E-state index contributed by atoms with van der Waals surface area (Å²) in [7, 11) is 1.47. The summed E-state index contributed by atoms with van der Waals surface area (Å²) in [4.78, 5) is 30.2. The standard InChI is InChI=1S/C22H16F3N3O3S2/c1-31-17-9-5-4-8-16(17)28-20(30)19-15(10-11-32-19)27-21(28)33-12-18(29)26-14-7-3-2-6-13(14)22(23,24)25/h2-11H,12H2,1H3,(H,26,29). The third kappa shape index (κ3) is 4.74. The van der Waals surface area contributed by atoms with E-state index in [0.29, 0.717) is 21.7 Å². The molecule has 0 fully saturated rings. The number of fused-ring (bicyclic) bond motifs is 1. The van der Waals surface area contributed by atoms with Gasteiger partial charge in [-0.15, -0.1) is 11.3 Å². The van der Waals surface area contributed by atoms with Gasteiger partial charge in [0.05, 0.1) is 35.3 Å². The molecule has 0 atom stereocenters. The molecule has 0 aliphatic carbocycles. The zero-order valence-electron chi connectivity index (χ0n) is 17.1. The Morgan fingerprint density at radius 2 is 1.88 bits per heavy atom. The van der Waals surface area contributed by atoms with Gasteiger partial charge in [0.25, 0.3) is 5.56 Å². The summed E-state index contributed by atoms with van der Waals surface area (Å²) >= 11 is 2.19. The van der Waals surface area contributed by atoms with Crippen molar-refractivity contribution in [1.29, 1.82) is 0 Å². The molecule has 2 heterocycles. The molecular weight excluding hydrogens is 475 g/mol. The third-order valence-electron chi connectivity index (χ3n) is 4.61. The molecule has 11 heteroatoms. The topological polar surface area (TPSA) is 73.2 Å². The molecule has 0 aliphatic heterocycles. The van der Waals surface area contributed by atoms with E-state index in [-0.39, 0.29) is 22.2 Å². The largest absolute Gasteiger partial charge is 0.495 e. The molecule has 4 aromatic rings. The van der Waals surface area contributed by atoms with E-state index < -0.39 is 17.6 Å². The highest BCUT2D eigenvalue weighted by atomic mass is 32.2. The summed E-state index contributed by atoms with van der Waals surface area (Å²) < 4.78 is 46.8. The van der Waals surface area contributed by atoms with E-state index in [4.69, 9.17) is 4.74 Å². The van der Waals surface area contributed by atoms with E-state index in [0.717, 1.165) is 17.8 Å². The van der Waals surface area contributed by atoms with Crippen LogP contribution < -0.4 is 15.6 Å². The van der Waals surface area contributed by atoms with Crippen molar-refractivity contribution in [3.8, 4) is 11.4 Å². The third-order valence-corrected chi connectivity index (χ3v) is 6.44. The number of thioether (sulfide) groups is 1. The molecule has 2 aromatic carbocycles.